The summed E-state index contributed by atoms with van der Waals surface area (Å²) in [6.45, 7) is -0.462. The topological polar surface area (TPSA) is 38.9 Å². The summed E-state index contributed by atoms with van der Waals surface area (Å²) in [5.41, 5.74) is 0. The molecule has 1 heterocycles. The molecule has 3 nitrogen and oxygen atoms in total. The molecule has 0 aliphatic carbocycles. The van der Waals surface area contributed by atoms with Gasteiger partial charge in [0.15, 0.2) is 0 Å². The van der Waals surface area contributed by atoms with Crippen LogP contribution >= 0.6 is 0 Å². The van der Waals surface area contributed by atoms with Gasteiger partial charge in [-0.15, -0.1) is 10.2 Å². The van der Waals surface area contributed by atoms with Gasteiger partial charge in [-0.1, -0.05) is 0 Å². The predicted molar refractivity (Wildman–Crippen MR) is 22.8 cm³/mol. The van der Waals surface area contributed by atoms with Crippen molar-refractivity contribution in [2.45, 2.75) is 6.42 Å². The molecule has 1 aromatic rings. The van der Waals surface area contributed by atoms with E-state index in [-0.39, 0.29) is 6.42 Å². The highest BCUT2D eigenvalue weighted by molar-refractivity contribution is 4.70. The van der Waals surface area contributed by atoms with Crippen molar-refractivity contribution in [3.05, 3.63) is 12.3 Å². The number of aryl methyl sites for hydroxylation is 1. The van der Waals surface area contributed by atoms with Gasteiger partial charge < -0.3 is 4.42 Å². The minimum Gasteiger partial charge on any atom is -0.417 e. The molecule has 0 atom stereocenters. The SMILES string of the molecule is FCCc1nn[c]o1. The van der Waals surface area contributed by atoms with Crippen LogP contribution in [-0.4, -0.2) is 16.9 Å². The molecule has 0 aliphatic heterocycles. The predicted octanol–water partition coefficient (Wildman–Crippen LogP) is 0.382. The highest BCUT2D eigenvalue weighted by Gasteiger charge is 1.95. The van der Waals surface area contributed by atoms with Crippen molar-refractivity contribution in [1.82, 2.24) is 10.2 Å². The maximum Gasteiger partial charge on any atom is 0.305 e. The maximum absolute atomic E-state index is 11.4. The summed E-state index contributed by atoms with van der Waals surface area (Å²) in [6.07, 6.45) is 2.30. The molecule has 1 aromatic heterocycles. The smallest absolute Gasteiger partial charge is 0.305 e. The summed E-state index contributed by atoms with van der Waals surface area (Å²) in [4.78, 5) is 0. The van der Waals surface area contributed by atoms with E-state index in [9.17, 15) is 4.39 Å². The van der Waals surface area contributed by atoms with Crippen molar-refractivity contribution in [3.63, 3.8) is 0 Å². The van der Waals surface area contributed by atoms with Gasteiger partial charge in [0.2, 0.25) is 5.89 Å². The lowest BCUT2D eigenvalue weighted by molar-refractivity contribution is 0.426. The van der Waals surface area contributed by atoms with E-state index in [4.69, 9.17) is 0 Å². The van der Waals surface area contributed by atoms with Crippen LogP contribution in [0.2, 0.25) is 0 Å². The molecule has 1 rings (SSSR count). The van der Waals surface area contributed by atoms with E-state index >= 15 is 0 Å². The third kappa shape index (κ3) is 1.02. The second-order valence-corrected chi connectivity index (χ2v) is 1.23. The van der Waals surface area contributed by atoms with Gasteiger partial charge >= 0.3 is 6.39 Å². The second-order valence-electron chi connectivity index (χ2n) is 1.23. The second kappa shape index (κ2) is 2.40. The zero-order valence-corrected chi connectivity index (χ0v) is 4.09. The van der Waals surface area contributed by atoms with Crippen LogP contribution in [0, 0.1) is 6.39 Å². The summed E-state index contributed by atoms with van der Waals surface area (Å²) in [5, 5.41) is 6.63. The number of alkyl halides is 1. The number of nitrogens with zero attached hydrogens (tertiary/aromatic N) is 2. The van der Waals surface area contributed by atoms with Crippen molar-refractivity contribution < 1.29 is 8.81 Å². The van der Waals surface area contributed by atoms with Crippen LogP contribution in [0.1, 0.15) is 5.89 Å². The van der Waals surface area contributed by atoms with Gasteiger partial charge in [-0.3, -0.25) is 4.39 Å². The molecule has 0 fully saturated rings. The highest BCUT2D eigenvalue weighted by atomic mass is 19.1. The molecule has 0 aromatic carbocycles. The molecule has 8 heavy (non-hydrogen) atoms. The van der Waals surface area contributed by atoms with Crippen molar-refractivity contribution in [3.8, 4) is 0 Å². The van der Waals surface area contributed by atoms with E-state index in [1.807, 2.05) is 0 Å². The minimum atomic E-state index is -0.462. The third-order valence-electron chi connectivity index (χ3n) is 0.674. The lowest BCUT2D eigenvalue weighted by Gasteiger charge is -1.79. The first-order valence-corrected chi connectivity index (χ1v) is 2.18. The number of halogens is 1. The first-order chi connectivity index (χ1) is 3.93. The molecule has 0 spiro atoms. The number of hydrogen-bond acceptors (Lipinski definition) is 3. The van der Waals surface area contributed by atoms with Gasteiger partial charge in [-0.2, -0.15) is 0 Å². The molecule has 4 heteroatoms. The largest absolute Gasteiger partial charge is 0.417 e. The normalized spacial score (nSPS) is 9.62. The number of aromatic nitrogens is 2. The quantitative estimate of drug-likeness (QED) is 0.559. The molecule has 0 aliphatic rings. The van der Waals surface area contributed by atoms with Crippen LogP contribution in [0.3, 0.4) is 0 Å². The number of hydrogen-bond donors (Lipinski definition) is 0. The average Bonchev–Trinajstić information content (AvgIpc) is 2.19. The van der Waals surface area contributed by atoms with E-state index in [1.165, 1.54) is 0 Å². The molecule has 0 N–H and O–H groups in total. The lowest BCUT2D eigenvalue weighted by Crippen LogP contribution is -1.85. The average molecular weight is 115 g/mol. The molecule has 1 radical (unpaired) electrons. The van der Waals surface area contributed by atoms with Crippen LogP contribution in [0.15, 0.2) is 4.42 Å². The van der Waals surface area contributed by atoms with E-state index in [0.29, 0.717) is 5.89 Å². The van der Waals surface area contributed by atoms with Gasteiger partial charge in [-0.25, -0.2) is 0 Å². The van der Waals surface area contributed by atoms with E-state index in [2.05, 4.69) is 21.0 Å². The molecule has 0 unspecified atom stereocenters. The summed E-state index contributed by atoms with van der Waals surface area (Å²) in [7, 11) is 0. The Bertz CT molecular complexity index is 140. The Hall–Kier alpha value is -0.930. The molecule has 43 valence electrons. The fourth-order valence-corrected chi connectivity index (χ4v) is 0.352. The van der Waals surface area contributed by atoms with E-state index in [1.54, 1.807) is 0 Å². The van der Waals surface area contributed by atoms with Gasteiger partial charge in [0.25, 0.3) is 0 Å². The lowest BCUT2D eigenvalue weighted by atomic mass is 10.5. The van der Waals surface area contributed by atoms with Crippen LogP contribution in [0.4, 0.5) is 4.39 Å². The van der Waals surface area contributed by atoms with Crippen LogP contribution in [-0.2, 0) is 6.42 Å². The Labute approximate surface area is 45.5 Å². The van der Waals surface area contributed by atoms with E-state index < -0.39 is 6.67 Å². The Morgan fingerprint density at radius 1 is 1.75 bits per heavy atom. The van der Waals surface area contributed by atoms with Crippen LogP contribution < -0.4 is 0 Å². The molecular formula is C4H4FN2O. The zero-order chi connectivity index (χ0) is 5.82. The van der Waals surface area contributed by atoms with Crippen molar-refractivity contribution in [1.29, 1.82) is 0 Å². The van der Waals surface area contributed by atoms with Gasteiger partial charge in [0, 0.05) is 0 Å². The van der Waals surface area contributed by atoms with Gasteiger partial charge in [0.1, 0.15) is 0 Å². The highest BCUT2D eigenvalue weighted by Crippen LogP contribution is 1.90. The fraction of sp³-hybridized carbons (Fsp3) is 0.500. The zero-order valence-electron chi connectivity index (χ0n) is 4.09. The van der Waals surface area contributed by atoms with Gasteiger partial charge in [0.05, 0.1) is 13.1 Å². The first-order valence-electron chi connectivity index (χ1n) is 2.18. The number of rotatable bonds is 2. The minimum absolute atomic E-state index is 0.191. The summed E-state index contributed by atoms with van der Waals surface area (Å²) in [5.74, 6) is 0.299. The molecule has 0 saturated heterocycles. The summed E-state index contributed by atoms with van der Waals surface area (Å²) >= 11 is 0. The fourth-order valence-electron chi connectivity index (χ4n) is 0.352. The Morgan fingerprint density at radius 2 is 2.62 bits per heavy atom. The van der Waals surface area contributed by atoms with Gasteiger partial charge in [-0.05, 0) is 0 Å². The molecular weight excluding hydrogens is 111 g/mol. The Kier molecular flexibility index (Phi) is 1.56. The third-order valence-corrected chi connectivity index (χ3v) is 0.674. The van der Waals surface area contributed by atoms with Crippen molar-refractivity contribution in [2.24, 2.45) is 0 Å². The first kappa shape index (κ1) is 5.21. The van der Waals surface area contributed by atoms with Crippen molar-refractivity contribution >= 4 is 0 Å². The molecule has 0 amide bonds. The van der Waals surface area contributed by atoms with Crippen LogP contribution in [0.25, 0.3) is 0 Å². The maximum atomic E-state index is 11.4. The standard InChI is InChI=1S/C4H4FN2O/c5-2-1-4-7-6-3-8-4/h1-2H2. The van der Waals surface area contributed by atoms with Crippen LogP contribution in [0.5, 0.6) is 0 Å². The summed E-state index contributed by atoms with van der Waals surface area (Å²) in [6, 6.07) is 0. The Balaban J connectivity index is 2.50. The molecule has 0 bridgehead atoms. The molecule has 0 saturated carbocycles. The van der Waals surface area contributed by atoms with E-state index in [0.717, 1.165) is 0 Å². The monoisotopic (exact) mass is 115 g/mol. The van der Waals surface area contributed by atoms with Crippen molar-refractivity contribution in [2.75, 3.05) is 6.67 Å². The Morgan fingerprint density at radius 3 is 3.12 bits per heavy atom. The summed E-state index contributed by atoms with van der Waals surface area (Å²) < 4.78 is 15.9.